The summed E-state index contributed by atoms with van der Waals surface area (Å²) in [6.45, 7) is 7.17. The van der Waals surface area contributed by atoms with Gasteiger partial charge in [0.15, 0.2) is 5.76 Å². The van der Waals surface area contributed by atoms with Crippen LogP contribution in [0.15, 0.2) is 34.9 Å². The van der Waals surface area contributed by atoms with Crippen LogP contribution >= 0.6 is 0 Å². The van der Waals surface area contributed by atoms with Gasteiger partial charge in [-0.3, -0.25) is 9.80 Å². The fourth-order valence-electron chi connectivity index (χ4n) is 2.97. The Morgan fingerprint density at radius 1 is 1.17 bits per heavy atom. The summed E-state index contributed by atoms with van der Waals surface area (Å²) in [6, 6.07) is 7.77. The second-order valence-electron chi connectivity index (χ2n) is 6.27. The van der Waals surface area contributed by atoms with E-state index in [2.05, 4.69) is 14.8 Å². The van der Waals surface area contributed by atoms with Crippen molar-refractivity contribution in [3.8, 4) is 17.1 Å². The van der Waals surface area contributed by atoms with Crippen molar-refractivity contribution in [1.82, 2.24) is 14.8 Å². The lowest BCUT2D eigenvalue weighted by Crippen LogP contribution is -2.47. The van der Waals surface area contributed by atoms with Crippen LogP contribution in [0.25, 0.3) is 11.3 Å². The summed E-state index contributed by atoms with van der Waals surface area (Å²) >= 11 is 0. The maximum absolute atomic E-state index is 9.46. The van der Waals surface area contributed by atoms with Crippen LogP contribution in [0.2, 0.25) is 0 Å². The third-order valence-electron chi connectivity index (χ3n) is 4.27. The Labute approximate surface area is 142 Å². The topological polar surface area (TPSA) is 62.0 Å². The molecule has 1 aromatic carbocycles. The molecule has 0 radical (unpaired) electrons. The van der Waals surface area contributed by atoms with Crippen LogP contribution < -0.4 is 4.74 Å². The summed E-state index contributed by atoms with van der Waals surface area (Å²) in [7, 11) is 1.66. The highest BCUT2D eigenvalue weighted by Crippen LogP contribution is 2.23. The number of β-amino-alcohol motifs (C(OH)–C–C–N with tert-alkyl or cyclic N) is 1. The molecule has 1 aliphatic rings. The zero-order chi connectivity index (χ0) is 16.9. The zero-order valence-electron chi connectivity index (χ0n) is 14.3. The third-order valence-corrected chi connectivity index (χ3v) is 4.27. The van der Waals surface area contributed by atoms with Crippen LogP contribution in [0.3, 0.4) is 0 Å². The lowest BCUT2D eigenvalue weighted by Gasteiger charge is -2.34. The number of methoxy groups -OCH3 is 1. The Morgan fingerprint density at radius 3 is 2.46 bits per heavy atom. The van der Waals surface area contributed by atoms with Gasteiger partial charge in [0.25, 0.3) is 0 Å². The molecule has 1 aromatic heterocycles. The Kier molecular flexibility index (Phi) is 5.50. The Hall–Kier alpha value is -1.89. The molecule has 1 fully saturated rings. The van der Waals surface area contributed by atoms with Gasteiger partial charge in [-0.15, -0.1) is 0 Å². The van der Waals surface area contributed by atoms with Gasteiger partial charge in [0.1, 0.15) is 5.75 Å². The third kappa shape index (κ3) is 4.35. The summed E-state index contributed by atoms with van der Waals surface area (Å²) in [6.07, 6.45) is 1.51. The predicted molar refractivity (Wildman–Crippen MR) is 91.9 cm³/mol. The summed E-state index contributed by atoms with van der Waals surface area (Å²) < 4.78 is 11.1. The lowest BCUT2D eigenvalue weighted by molar-refractivity contribution is 0.0748. The van der Waals surface area contributed by atoms with Crippen LogP contribution in [0.4, 0.5) is 0 Å². The van der Waals surface area contributed by atoms with Crippen LogP contribution in [-0.4, -0.2) is 65.8 Å². The van der Waals surface area contributed by atoms with Crippen molar-refractivity contribution in [2.75, 3.05) is 39.8 Å². The van der Waals surface area contributed by atoms with E-state index in [4.69, 9.17) is 9.15 Å². The fraction of sp³-hybridized carbons (Fsp3) is 0.500. The molecule has 2 aromatic rings. The van der Waals surface area contributed by atoms with Gasteiger partial charge in [0.2, 0.25) is 5.89 Å². The molecule has 6 nitrogen and oxygen atoms in total. The van der Waals surface area contributed by atoms with E-state index < -0.39 is 0 Å². The summed E-state index contributed by atoms with van der Waals surface area (Å²) in [4.78, 5) is 9.03. The molecule has 6 heteroatoms. The van der Waals surface area contributed by atoms with Crippen molar-refractivity contribution >= 4 is 0 Å². The average Bonchev–Trinajstić information content (AvgIpc) is 3.05. The van der Waals surface area contributed by atoms with Crippen LogP contribution in [-0.2, 0) is 6.54 Å². The lowest BCUT2D eigenvalue weighted by atomic mass is 10.2. The van der Waals surface area contributed by atoms with Gasteiger partial charge in [0, 0.05) is 38.3 Å². The highest BCUT2D eigenvalue weighted by atomic mass is 16.5. The second-order valence-corrected chi connectivity index (χ2v) is 6.27. The number of oxazole rings is 1. The number of benzene rings is 1. The first kappa shape index (κ1) is 17.0. The number of aliphatic hydroxyl groups is 1. The first-order valence-corrected chi connectivity index (χ1v) is 8.36. The largest absolute Gasteiger partial charge is 0.497 e. The number of nitrogens with zero attached hydrogens (tertiary/aromatic N) is 3. The van der Waals surface area contributed by atoms with Gasteiger partial charge < -0.3 is 14.3 Å². The molecule has 0 aliphatic carbocycles. The molecule has 1 atom stereocenters. The van der Waals surface area contributed by atoms with Gasteiger partial charge in [-0.2, -0.15) is 0 Å². The Morgan fingerprint density at radius 2 is 1.83 bits per heavy atom. The maximum atomic E-state index is 9.46. The zero-order valence-corrected chi connectivity index (χ0v) is 14.3. The molecule has 1 N–H and O–H groups in total. The summed E-state index contributed by atoms with van der Waals surface area (Å²) in [5, 5.41) is 9.46. The van der Waals surface area contributed by atoms with Crippen molar-refractivity contribution in [3.63, 3.8) is 0 Å². The maximum Gasteiger partial charge on any atom is 0.209 e. The van der Waals surface area contributed by atoms with Gasteiger partial charge >= 0.3 is 0 Å². The quantitative estimate of drug-likeness (QED) is 0.872. The van der Waals surface area contributed by atoms with Crippen molar-refractivity contribution in [2.45, 2.75) is 19.6 Å². The monoisotopic (exact) mass is 331 g/mol. The molecule has 1 aliphatic heterocycles. The molecule has 1 unspecified atom stereocenters. The summed E-state index contributed by atoms with van der Waals surface area (Å²) in [5.74, 6) is 2.35. The molecule has 24 heavy (non-hydrogen) atoms. The van der Waals surface area contributed by atoms with E-state index in [-0.39, 0.29) is 6.10 Å². The minimum Gasteiger partial charge on any atom is -0.497 e. The minimum absolute atomic E-state index is 0.268. The summed E-state index contributed by atoms with van der Waals surface area (Å²) in [5.41, 5.74) is 0.997. The van der Waals surface area contributed by atoms with Crippen LogP contribution in [0.5, 0.6) is 5.75 Å². The fourth-order valence-corrected chi connectivity index (χ4v) is 2.97. The number of aliphatic hydroxyl groups excluding tert-OH is 1. The van der Waals surface area contributed by atoms with E-state index in [0.29, 0.717) is 0 Å². The molecule has 3 rings (SSSR count). The molecular weight excluding hydrogens is 306 g/mol. The molecule has 0 amide bonds. The standard InChI is InChI=1S/C18H25N3O3/c1-14(22)12-20-7-9-21(10-8-20)13-18-19-11-17(24-18)15-3-5-16(23-2)6-4-15/h3-6,11,14,22H,7-10,12-13H2,1-2H3. The number of hydrogen-bond acceptors (Lipinski definition) is 6. The van der Waals surface area contributed by atoms with Crippen molar-refractivity contribution in [2.24, 2.45) is 0 Å². The molecule has 1 saturated heterocycles. The Balaban J connectivity index is 1.54. The molecule has 0 spiro atoms. The first-order valence-electron chi connectivity index (χ1n) is 8.36. The van der Waals surface area contributed by atoms with Crippen LogP contribution in [0, 0.1) is 0 Å². The highest BCUT2D eigenvalue weighted by Gasteiger charge is 2.19. The number of hydrogen-bond donors (Lipinski definition) is 1. The van der Waals surface area contributed by atoms with Gasteiger partial charge in [-0.25, -0.2) is 4.98 Å². The van der Waals surface area contributed by atoms with Crippen LogP contribution in [0.1, 0.15) is 12.8 Å². The van der Waals surface area contributed by atoms with Gasteiger partial charge in [-0.1, -0.05) is 0 Å². The number of aromatic nitrogens is 1. The van der Waals surface area contributed by atoms with Gasteiger partial charge in [0.05, 0.1) is 26.0 Å². The predicted octanol–water partition coefficient (Wildman–Crippen LogP) is 1.85. The van der Waals surface area contributed by atoms with E-state index in [1.807, 2.05) is 31.2 Å². The van der Waals surface area contributed by atoms with E-state index >= 15 is 0 Å². The normalized spacial score (nSPS) is 17.8. The smallest absolute Gasteiger partial charge is 0.209 e. The van der Waals surface area contributed by atoms with E-state index in [1.54, 1.807) is 13.3 Å². The molecule has 0 bridgehead atoms. The first-order chi connectivity index (χ1) is 11.6. The average molecular weight is 331 g/mol. The van der Waals surface area contributed by atoms with E-state index in [1.165, 1.54) is 0 Å². The van der Waals surface area contributed by atoms with Crippen molar-refractivity contribution in [3.05, 3.63) is 36.4 Å². The van der Waals surface area contributed by atoms with E-state index in [9.17, 15) is 5.11 Å². The molecule has 2 heterocycles. The minimum atomic E-state index is -0.268. The second kappa shape index (κ2) is 7.79. The van der Waals surface area contributed by atoms with Crippen molar-refractivity contribution < 1.29 is 14.3 Å². The van der Waals surface area contributed by atoms with E-state index in [0.717, 1.165) is 62.2 Å². The van der Waals surface area contributed by atoms with Gasteiger partial charge in [-0.05, 0) is 31.2 Å². The molecule has 0 saturated carbocycles. The number of piperazine rings is 1. The highest BCUT2D eigenvalue weighted by molar-refractivity contribution is 5.57. The number of ether oxygens (including phenoxy) is 1. The molecular formula is C18H25N3O3. The SMILES string of the molecule is COc1ccc(-c2cnc(CN3CCN(CC(C)O)CC3)o2)cc1. The Bertz CT molecular complexity index is 631. The van der Waals surface area contributed by atoms with Crippen molar-refractivity contribution in [1.29, 1.82) is 0 Å². The molecule has 130 valence electrons. The number of rotatable bonds is 6.